The molecule has 1 N–H and O–H groups in total. The lowest BCUT2D eigenvalue weighted by Gasteiger charge is -2.39. The highest BCUT2D eigenvalue weighted by Crippen LogP contribution is 2.26. The molecule has 128 valence electrons. The van der Waals surface area contributed by atoms with Crippen LogP contribution < -0.4 is 0 Å². The molecule has 1 aromatic rings. The van der Waals surface area contributed by atoms with Crippen molar-refractivity contribution in [2.45, 2.75) is 31.4 Å². The topological polar surface area (TPSA) is 53.0 Å². The summed E-state index contributed by atoms with van der Waals surface area (Å²) in [7, 11) is 3.38. The zero-order valence-electron chi connectivity index (χ0n) is 14.2. The van der Waals surface area contributed by atoms with E-state index >= 15 is 0 Å². The van der Waals surface area contributed by atoms with Crippen LogP contribution >= 0.6 is 0 Å². The number of aliphatic hydroxyl groups is 1. The van der Waals surface area contributed by atoms with Crippen molar-refractivity contribution in [3.63, 3.8) is 0 Å². The van der Waals surface area contributed by atoms with Crippen LogP contribution in [0.2, 0.25) is 0 Å². The minimum Gasteiger partial charge on any atom is -0.388 e. The zero-order chi connectivity index (χ0) is 16.7. The van der Waals surface area contributed by atoms with Crippen molar-refractivity contribution < 1.29 is 14.6 Å². The highest BCUT2D eigenvalue weighted by molar-refractivity contribution is 5.77. The van der Waals surface area contributed by atoms with Crippen molar-refractivity contribution in [3.8, 4) is 0 Å². The molecule has 0 saturated carbocycles. The van der Waals surface area contributed by atoms with Gasteiger partial charge < -0.3 is 14.7 Å². The maximum Gasteiger partial charge on any atom is 0.225 e. The smallest absolute Gasteiger partial charge is 0.225 e. The van der Waals surface area contributed by atoms with Crippen LogP contribution in [0.15, 0.2) is 30.3 Å². The van der Waals surface area contributed by atoms with Gasteiger partial charge in [-0.05, 0) is 24.9 Å². The highest BCUT2D eigenvalue weighted by atomic mass is 16.5. The third-order valence-corrected chi connectivity index (χ3v) is 4.42. The Hall–Kier alpha value is -1.43. The number of hydrogen-bond donors (Lipinski definition) is 1. The van der Waals surface area contributed by atoms with Gasteiger partial charge in [0.15, 0.2) is 0 Å². The Balaban J connectivity index is 1.89. The molecule has 1 fully saturated rings. The fourth-order valence-corrected chi connectivity index (χ4v) is 3.10. The van der Waals surface area contributed by atoms with E-state index in [4.69, 9.17) is 4.74 Å². The number of hydrogen-bond acceptors (Lipinski definition) is 4. The molecule has 1 atom stereocenters. The third-order valence-electron chi connectivity index (χ3n) is 4.42. The van der Waals surface area contributed by atoms with E-state index in [9.17, 15) is 9.90 Å². The number of methoxy groups -OCH3 is 1. The molecule has 5 heteroatoms. The maximum absolute atomic E-state index is 12.3. The number of carbonyl (C=O) groups is 1. The number of ether oxygens (including phenoxy) is 1. The Morgan fingerprint density at radius 3 is 2.83 bits per heavy atom. The van der Waals surface area contributed by atoms with Crippen molar-refractivity contribution in [1.29, 1.82) is 0 Å². The van der Waals surface area contributed by atoms with Crippen LogP contribution in [0.25, 0.3) is 0 Å². The Morgan fingerprint density at radius 2 is 2.13 bits per heavy atom. The van der Waals surface area contributed by atoms with Crippen molar-refractivity contribution in [2.24, 2.45) is 0 Å². The van der Waals surface area contributed by atoms with Crippen molar-refractivity contribution >= 4 is 5.91 Å². The molecule has 1 aromatic carbocycles. The van der Waals surface area contributed by atoms with Gasteiger partial charge in [0.25, 0.3) is 0 Å². The molecule has 0 aromatic heterocycles. The molecule has 23 heavy (non-hydrogen) atoms. The first-order valence-electron chi connectivity index (χ1n) is 8.24. The number of likely N-dealkylation sites (N-methyl/N-ethyl adjacent to an activating group) is 1. The van der Waals surface area contributed by atoms with E-state index in [-0.39, 0.29) is 12.3 Å². The zero-order valence-corrected chi connectivity index (χ0v) is 14.2. The van der Waals surface area contributed by atoms with Crippen molar-refractivity contribution in [3.05, 3.63) is 35.9 Å². The first-order chi connectivity index (χ1) is 11.0. The summed E-state index contributed by atoms with van der Waals surface area (Å²) in [6.07, 6.45) is 1.78. The molecule has 1 amide bonds. The summed E-state index contributed by atoms with van der Waals surface area (Å²) in [6.45, 7) is 3.40. The van der Waals surface area contributed by atoms with Gasteiger partial charge in [0.2, 0.25) is 5.91 Å². The van der Waals surface area contributed by atoms with Crippen LogP contribution in [-0.4, -0.2) is 66.8 Å². The van der Waals surface area contributed by atoms with Gasteiger partial charge in [-0.3, -0.25) is 9.69 Å². The number of nitrogens with zero attached hydrogens (tertiary/aromatic N) is 2. The van der Waals surface area contributed by atoms with Crippen LogP contribution in [0.5, 0.6) is 0 Å². The number of β-amino-alcohol motifs (C(OH)–C–C–N with tert-alkyl or cyclic N) is 1. The van der Waals surface area contributed by atoms with Crippen LogP contribution in [0.3, 0.4) is 0 Å². The lowest BCUT2D eigenvalue weighted by molar-refractivity contribution is -0.138. The molecule has 0 aliphatic carbocycles. The van der Waals surface area contributed by atoms with E-state index in [0.29, 0.717) is 26.1 Å². The van der Waals surface area contributed by atoms with Gasteiger partial charge >= 0.3 is 0 Å². The van der Waals surface area contributed by atoms with Crippen LogP contribution in [0.4, 0.5) is 0 Å². The highest BCUT2D eigenvalue weighted by Gasteiger charge is 2.36. The second kappa shape index (κ2) is 8.43. The summed E-state index contributed by atoms with van der Waals surface area (Å²) >= 11 is 0. The van der Waals surface area contributed by atoms with Crippen molar-refractivity contribution in [2.75, 3.05) is 40.4 Å². The molecular formula is C18H28N2O3. The van der Waals surface area contributed by atoms with E-state index in [1.807, 2.05) is 18.2 Å². The van der Waals surface area contributed by atoms with Gasteiger partial charge in [0.05, 0.1) is 18.6 Å². The number of piperidine rings is 1. The molecule has 1 aliphatic rings. The van der Waals surface area contributed by atoms with E-state index in [2.05, 4.69) is 17.0 Å². The number of carbonyl (C=O) groups excluding carboxylic acids is 1. The fraction of sp³-hybridized carbons (Fsp3) is 0.611. The van der Waals surface area contributed by atoms with E-state index < -0.39 is 5.60 Å². The predicted octanol–water partition coefficient (Wildman–Crippen LogP) is 1.51. The summed E-state index contributed by atoms with van der Waals surface area (Å²) in [6, 6.07) is 10.2. The molecule has 1 aliphatic heterocycles. The molecule has 0 radical (unpaired) electrons. The van der Waals surface area contributed by atoms with Crippen LogP contribution in [0, 0.1) is 0 Å². The van der Waals surface area contributed by atoms with E-state index in [1.165, 1.54) is 5.56 Å². The molecule has 2 rings (SSSR count). The Morgan fingerprint density at radius 1 is 1.39 bits per heavy atom. The van der Waals surface area contributed by atoms with E-state index in [1.54, 1.807) is 19.1 Å². The standard InChI is InChI=1S/C18H28N2O3/c1-19(11-12-23-2)17(21)13-18(22)9-6-10-20(15-18)14-16-7-4-3-5-8-16/h3-5,7-8,22H,6,9-15H2,1-2H3. The molecular weight excluding hydrogens is 292 g/mol. The first kappa shape index (κ1) is 17.9. The van der Waals surface area contributed by atoms with Gasteiger partial charge in [0, 0.05) is 33.8 Å². The van der Waals surface area contributed by atoms with Crippen molar-refractivity contribution in [1.82, 2.24) is 9.80 Å². The Labute approximate surface area is 138 Å². The molecule has 5 nitrogen and oxygen atoms in total. The lowest BCUT2D eigenvalue weighted by atomic mass is 9.89. The van der Waals surface area contributed by atoms with Crippen LogP contribution in [0.1, 0.15) is 24.8 Å². The Kier molecular flexibility index (Phi) is 6.57. The minimum atomic E-state index is -0.925. The second-order valence-electron chi connectivity index (χ2n) is 6.51. The summed E-state index contributed by atoms with van der Waals surface area (Å²) in [4.78, 5) is 16.2. The largest absolute Gasteiger partial charge is 0.388 e. The third kappa shape index (κ3) is 5.61. The number of rotatable bonds is 7. The van der Waals surface area contributed by atoms with Gasteiger partial charge in [-0.25, -0.2) is 0 Å². The molecule has 1 saturated heterocycles. The van der Waals surface area contributed by atoms with Gasteiger partial charge in [0.1, 0.15) is 0 Å². The number of benzene rings is 1. The molecule has 1 unspecified atom stereocenters. The number of amides is 1. The predicted molar refractivity (Wildman–Crippen MR) is 90.0 cm³/mol. The molecule has 0 spiro atoms. The fourth-order valence-electron chi connectivity index (χ4n) is 3.10. The average molecular weight is 320 g/mol. The monoisotopic (exact) mass is 320 g/mol. The summed E-state index contributed by atoms with van der Waals surface area (Å²) in [5.41, 5.74) is 0.311. The van der Waals surface area contributed by atoms with Crippen LogP contribution in [-0.2, 0) is 16.1 Å². The summed E-state index contributed by atoms with van der Waals surface area (Å²) in [5.74, 6) is -0.0221. The van der Waals surface area contributed by atoms with E-state index in [0.717, 1.165) is 19.5 Å². The molecule has 1 heterocycles. The average Bonchev–Trinajstić information content (AvgIpc) is 2.53. The Bertz CT molecular complexity index is 494. The SMILES string of the molecule is COCCN(C)C(=O)CC1(O)CCCN(Cc2ccccc2)C1. The quantitative estimate of drug-likeness (QED) is 0.827. The summed E-state index contributed by atoms with van der Waals surface area (Å²) < 4.78 is 5.00. The number of likely N-dealkylation sites (tertiary alicyclic amines) is 1. The lowest BCUT2D eigenvalue weighted by Crippen LogP contribution is -2.50. The normalized spacial score (nSPS) is 22.0. The summed E-state index contributed by atoms with van der Waals surface area (Å²) in [5, 5.41) is 10.8. The van der Waals surface area contributed by atoms with Gasteiger partial charge in [-0.2, -0.15) is 0 Å². The maximum atomic E-state index is 12.3. The van der Waals surface area contributed by atoms with Gasteiger partial charge in [-0.1, -0.05) is 30.3 Å². The molecule has 0 bridgehead atoms. The first-order valence-corrected chi connectivity index (χ1v) is 8.24. The second-order valence-corrected chi connectivity index (χ2v) is 6.51. The minimum absolute atomic E-state index is 0.0221. The van der Waals surface area contributed by atoms with Gasteiger partial charge in [-0.15, -0.1) is 0 Å².